The van der Waals surface area contributed by atoms with Crippen molar-refractivity contribution in [3.8, 4) is 5.75 Å². The first-order valence-corrected chi connectivity index (χ1v) is 7.16. The molecule has 3 rings (SSSR count). The van der Waals surface area contributed by atoms with Crippen LogP contribution in [0.4, 0.5) is 0 Å². The molecule has 3 aromatic rings. The molecule has 0 spiro atoms. The SMILES string of the molecule is COc1ccccc1CCNC(=O)c1nn2cnnc2s1. The van der Waals surface area contributed by atoms with Gasteiger partial charge in [-0.05, 0) is 18.1 Å². The van der Waals surface area contributed by atoms with E-state index < -0.39 is 0 Å². The largest absolute Gasteiger partial charge is 0.496 e. The van der Waals surface area contributed by atoms with Crippen LogP contribution >= 0.6 is 11.3 Å². The first-order chi connectivity index (χ1) is 10.3. The lowest BCUT2D eigenvalue weighted by atomic mass is 10.1. The van der Waals surface area contributed by atoms with Gasteiger partial charge in [0, 0.05) is 6.54 Å². The average molecular weight is 303 g/mol. The number of amides is 1. The number of hydrogen-bond acceptors (Lipinski definition) is 6. The van der Waals surface area contributed by atoms with E-state index in [0.29, 0.717) is 22.9 Å². The smallest absolute Gasteiger partial charge is 0.282 e. The Bertz CT molecular complexity index is 738. The summed E-state index contributed by atoms with van der Waals surface area (Å²) in [5.74, 6) is 0.617. The number of aromatic nitrogens is 4. The van der Waals surface area contributed by atoms with Crippen molar-refractivity contribution in [2.24, 2.45) is 0 Å². The summed E-state index contributed by atoms with van der Waals surface area (Å²) in [7, 11) is 1.64. The number of benzene rings is 1. The summed E-state index contributed by atoms with van der Waals surface area (Å²) in [5, 5.41) is 14.9. The minimum absolute atomic E-state index is 0.208. The third-order valence-corrected chi connectivity index (χ3v) is 3.87. The molecular formula is C13H13N5O2S. The Morgan fingerprint density at radius 1 is 1.43 bits per heavy atom. The van der Waals surface area contributed by atoms with Crippen molar-refractivity contribution < 1.29 is 9.53 Å². The van der Waals surface area contributed by atoms with Crippen LogP contribution in [0.3, 0.4) is 0 Å². The van der Waals surface area contributed by atoms with E-state index in [0.717, 1.165) is 11.3 Å². The van der Waals surface area contributed by atoms with E-state index in [1.807, 2.05) is 24.3 Å². The summed E-state index contributed by atoms with van der Waals surface area (Å²) in [6.45, 7) is 0.513. The zero-order chi connectivity index (χ0) is 14.7. The van der Waals surface area contributed by atoms with Crippen LogP contribution in [0.1, 0.15) is 15.4 Å². The van der Waals surface area contributed by atoms with E-state index in [4.69, 9.17) is 4.74 Å². The first-order valence-electron chi connectivity index (χ1n) is 6.35. The molecule has 0 aliphatic carbocycles. The monoisotopic (exact) mass is 303 g/mol. The molecule has 1 N–H and O–H groups in total. The van der Waals surface area contributed by atoms with Crippen molar-refractivity contribution in [1.29, 1.82) is 0 Å². The molecule has 0 saturated heterocycles. The molecular weight excluding hydrogens is 290 g/mol. The van der Waals surface area contributed by atoms with Gasteiger partial charge in [-0.15, -0.1) is 15.3 Å². The van der Waals surface area contributed by atoms with Crippen LogP contribution in [-0.4, -0.2) is 39.4 Å². The second-order valence-electron chi connectivity index (χ2n) is 4.28. The lowest BCUT2D eigenvalue weighted by Crippen LogP contribution is -2.25. The molecule has 2 heterocycles. The molecule has 0 saturated carbocycles. The summed E-state index contributed by atoms with van der Waals surface area (Å²) in [6, 6.07) is 7.75. The number of rotatable bonds is 5. The second-order valence-corrected chi connectivity index (χ2v) is 5.24. The second kappa shape index (κ2) is 5.88. The van der Waals surface area contributed by atoms with Gasteiger partial charge in [0.15, 0.2) is 0 Å². The number of nitrogens with zero attached hydrogens (tertiary/aromatic N) is 4. The number of methoxy groups -OCH3 is 1. The first kappa shape index (κ1) is 13.5. The fourth-order valence-electron chi connectivity index (χ4n) is 1.95. The van der Waals surface area contributed by atoms with Crippen molar-refractivity contribution in [1.82, 2.24) is 25.1 Å². The third-order valence-electron chi connectivity index (χ3n) is 2.95. The fraction of sp³-hybridized carbons (Fsp3) is 0.231. The zero-order valence-electron chi connectivity index (χ0n) is 11.3. The molecule has 0 aliphatic rings. The van der Waals surface area contributed by atoms with Gasteiger partial charge in [-0.2, -0.15) is 4.52 Å². The molecule has 0 bridgehead atoms. The predicted octanol–water partition coefficient (Wildman–Crippen LogP) is 1.17. The molecule has 7 nitrogen and oxygen atoms in total. The third kappa shape index (κ3) is 2.84. The van der Waals surface area contributed by atoms with Crippen molar-refractivity contribution in [2.75, 3.05) is 13.7 Å². The highest BCUT2D eigenvalue weighted by molar-refractivity contribution is 7.18. The van der Waals surface area contributed by atoms with Crippen LogP contribution in [0, 0.1) is 0 Å². The van der Waals surface area contributed by atoms with Gasteiger partial charge in [0.25, 0.3) is 5.91 Å². The number of ether oxygens (including phenoxy) is 1. The highest BCUT2D eigenvalue weighted by Crippen LogP contribution is 2.17. The fourth-order valence-corrected chi connectivity index (χ4v) is 2.68. The summed E-state index contributed by atoms with van der Waals surface area (Å²) in [4.78, 5) is 12.6. The van der Waals surface area contributed by atoms with Gasteiger partial charge < -0.3 is 10.1 Å². The van der Waals surface area contributed by atoms with Crippen LogP contribution in [-0.2, 0) is 6.42 Å². The number of fused-ring (bicyclic) bond motifs is 1. The Hall–Kier alpha value is -2.48. The van der Waals surface area contributed by atoms with Crippen LogP contribution < -0.4 is 10.1 Å². The summed E-state index contributed by atoms with van der Waals surface area (Å²) >= 11 is 1.21. The van der Waals surface area contributed by atoms with Gasteiger partial charge >= 0.3 is 0 Å². The number of nitrogens with one attached hydrogen (secondary N) is 1. The molecule has 8 heteroatoms. The molecule has 0 unspecified atom stereocenters. The van der Waals surface area contributed by atoms with Crippen LogP contribution in [0.15, 0.2) is 30.6 Å². The van der Waals surface area contributed by atoms with Crippen LogP contribution in [0.25, 0.3) is 4.96 Å². The van der Waals surface area contributed by atoms with Gasteiger partial charge in [-0.25, -0.2) is 0 Å². The van der Waals surface area contributed by atoms with E-state index in [9.17, 15) is 4.79 Å². The quantitative estimate of drug-likeness (QED) is 0.765. The minimum Gasteiger partial charge on any atom is -0.496 e. The van der Waals surface area contributed by atoms with E-state index in [-0.39, 0.29) is 5.91 Å². The van der Waals surface area contributed by atoms with E-state index in [1.165, 1.54) is 22.2 Å². The summed E-state index contributed by atoms with van der Waals surface area (Å²) < 4.78 is 6.76. The lowest BCUT2D eigenvalue weighted by Gasteiger charge is -2.08. The molecule has 21 heavy (non-hydrogen) atoms. The topological polar surface area (TPSA) is 81.4 Å². The normalized spacial score (nSPS) is 10.7. The number of hydrogen-bond donors (Lipinski definition) is 1. The highest BCUT2D eigenvalue weighted by atomic mass is 32.1. The molecule has 1 aromatic carbocycles. The molecule has 0 radical (unpaired) electrons. The van der Waals surface area contributed by atoms with Gasteiger partial charge in [0.1, 0.15) is 12.1 Å². The Morgan fingerprint density at radius 2 is 2.29 bits per heavy atom. The van der Waals surface area contributed by atoms with E-state index in [2.05, 4.69) is 20.6 Å². The molecule has 1 amide bonds. The maximum absolute atomic E-state index is 12.0. The number of carbonyl (C=O) groups is 1. The number of para-hydroxylation sites is 1. The molecule has 108 valence electrons. The average Bonchev–Trinajstić information content (AvgIpc) is 3.09. The summed E-state index contributed by atoms with van der Waals surface area (Å²) in [6.07, 6.45) is 2.16. The predicted molar refractivity (Wildman–Crippen MR) is 77.7 cm³/mol. The van der Waals surface area contributed by atoms with E-state index in [1.54, 1.807) is 7.11 Å². The molecule has 0 fully saturated rings. The van der Waals surface area contributed by atoms with Crippen LogP contribution in [0.5, 0.6) is 5.75 Å². The van der Waals surface area contributed by atoms with Gasteiger partial charge in [-0.3, -0.25) is 4.79 Å². The Labute approximate surface area is 124 Å². The molecule has 0 atom stereocenters. The van der Waals surface area contributed by atoms with Crippen molar-refractivity contribution in [3.63, 3.8) is 0 Å². The maximum Gasteiger partial charge on any atom is 0.282 e. The van der Waals surface area contributed by atoms with Crippen molar-refractivity contribution in [3.05, 3.63) is 41.2 Å². The van der Waals surface area contributed by atoms with Crippen molar-refractivity contribution >= 4 is 22.2 Å². The van der Waals surface area contributed by atoms with Crippen LogP contribution in [0.2, 0.25) is 0 Å². The highest BCUT2D eigenvalue weighted by Gasteiger charge is 2.13. The lowest BCUT2D eigenvalue weighted by molar-refractivity contribution is 0.0952. The number of carbonyl (C=O) groups excluding carboxylic acids is 1. The van der Waals surface area contributed by atoms with Gasteiger partial charge in [0.05, 0.1) is 7.11 Å². The van der Waals surface area contributed by atoms with Gasteiger partial charge in [-0.1, -0.05) is 29.5 Å². The molecule has 2 aromatic heterocycles. The van der Waals surface area contributed by atoms with E-state index >= 15 is 0 Å². The van der Waals surface area contributed by atoms with Gasteiger partial charge in [0.2, 0.25) is 9.97 Å². The van der Waals surface area contributed by atoms with Crippen molar-refractivity contribution in [2.45, 2.75) is 6.42 Å². The maximum atomic E-state index is 12.0. The summed E-state index contributed by atoms with van der Waals surface area (Å²) in [5.41, 5.74) is 1.05. The Morgan fingerprint density at radius 3 is 3.10 bits per heavy atom. The minimum atomic E-state index is -0.208. The molecule has 0 aliphatic heterocycles. The Kier molecular flexibility index (Phi) is 3.78. The zero-order valence-corrected chi connectivity index (χ0v) is 12.1. The standard InChI is InChI=1S/C13H13N5O2S/c1-20-10-5-3-2-4-9(10)6-7-14-11(19)12-17-18-8-15-16-13(18)21-12/h2-5,8H,6-7H2,1H3,(H,14,19). The Balaban J connectivity index is 1.60.